The van der Waals surface area contributed by atoms with Crippen LogP contribution >= 0.6 is 0 Å². The molecule has 41 heavy (non-hydrogen) atoms. The van der Waals surface area contributed by atoms with E-state index < -0.39 is 48.0 Å². The molecular weight excluding hydrogens is 524 g/mol. The maximum Gasteiger partial charge on any atom is 0.407 e. The zero-order valence-electron chi connectivity index (χ0n) is 23.3. The number of rotatable bonds is 10. The first-order valence-corrected chi connectivity index (χ1v) is 13.4. The van der Waals surface area contributed by atoms with E-state index in [0.29, 0.717) is 5.56 Å². The maximum absolute atomic E-state index is 13.2. The SMILES string of the molecule is CC(C)(C)OC(=O)CC(NC(=O)OCC1c2ccccc2-c2ccccc21)C(=O)NC(Cc1ccccc1)C(=O)O. The van der Waals surface area contributed by atoms with Gasteiger partial charge in [-0.3, -0.25) is 9.59 Å². The molecule has 0 aromatic heterocycles. The number of benzene rings is 3. The number of carboxylic acids is 1. The van der Waals surface area contributed by atoms with Crippen molar-refractivity contribution in [2.24, 2.45) is 0 Å². The van der Waals surface area contributed by atoms with Gasteiger partial charge in [0.25, 0.3) is 0 Å². The van der Waals surface area contributed by atoms with Gasteiger partial charge in [-0.15, -0.1) is 0 Å². The molecule has 9 heteroatoms. The fraction of sp³-hybridized carbons (Fsp3) is 0.312. The second-order valence-corrected chi connectivity index (χ2v) is 10.9. The second-order valence-electron chi connectivity index (χ2n) is 10.9. The molecule has 0 saturated carbocycles. The minimum absolute atomic E-state index is 0.00634. The van der Waals surface area contributed by atoms with Crippen LogP contribution in [0.25, 0.3) is 11.1 Å². The summed E-state index contributed by atoms with van der Waals surface area (Å²) in [6, 6.07) is 21.9. The van der Waals surface area contributed by atoms with Gasteiger partial charge in [-0.25, -0.2) is 9.59 Å². The molecule has 0 spiro atoms. The molecule has 1 aliphatic carbocycles. The van der Waals surface area contributed by atoms with E-state index >= 15 is 0 Å². The monoisotopic (exact) mass is 558 g/mol. The first-order valence-electron chi connectivity index (χ1n) is 13.4. The van der Waals surface area contributed by atoms with Crippen LogP contribution in [0.3, 0.4) is 0 Å². The van der Waals surface area contributed by atoms with Gasteiger partial charge in [0, 0.05) is 12.3 Å². The van der Waals surface area contributed by atoms with Crippen molar-refractivity contribution in [3.05, 3.63) is 95.6 Å². The molecule has 0 radical (unpaired) electrons. The molecule has 214 valence electrons. The Labute approximate surface area is 238 Å². The molecule has 0 aliphatic heterocycles. The predicted molar refractivity (Wildman–Crippen MR) is 152 cm³/mol. The van der Waals surface area contributed by atoms with E-state index in [1.165, 1.54) is 0 Å². The maximum atomic E-state index is 13.2. The van der Waals surface area contributed by atoms with Crippen molar-refractivity contribution in [3.8, 4) is 11.1 Å². The normalized spacial score (nSPS) is 13.7. The van der Waals surface area contributed by atoms with Crippen molar-refractivity contribution >= 4 is 23.9 Å². The molecule has 3 N–H and O–H groups in total. The molecule has 2 unspecified atom stereocenters. The largest absolute Gasteiger partial charge is 0.480 e. The highest BCUT2D eigenvalue weighted by Crippen LogP contribution is 2.44. The van der Waals surface area contributed by atoms with Crippen molar-refractivity contribution in [1.29, 1.82) is 0 Å². The van der Waals surface area contributed by atoms with Gasteiger partial charge in [-0.05, 0) is 48.6 Å². The van der Waals surface area contributed by atoms with Crippen LogP contribution < -0.4 is 10.6 Å². The lowest BCUT2D eigenvalue weighted by Gasteiger charge is -2.24. The van der Waals surface area contributed by atoms with Crippen LogP contribution in [0.1, 0.15) is 49.8 Å². The number of amides is 2. The van der Waals surface area contributed by atoms with Gasteiger partial charge in [0.2, 0.25) is 5.91 Å². The summed E-state index contributed by atoms with van der Waals surface area (Å²) < 4.78 is 10.9. The van der Waals surface area contributed by atoms with Crippen molar-refractivity contribution in [2.45, 2.75) is 57.2 Å². The third kappa shape index (κ3) is 7.72. The molecule has 2 atom stereocenters. The molecule has 0 saturated heterocycles. The van der Waals surface area contributed by atoms with E-state index in [1.54, 1.807) is 51.1 Å². The average Bonchev–Trinajstić information content (AvgIpc) is 3.24. The van der Waals surface area contributed by atoms with E-state index in [-0.39, 0.29) is 18.9 Å². The number of alkyl carbamates (subject to hydrolysis) is 1. The Balaban J connectivity index is 1.46. The summed E-state index contributed by atoms with van der Waals surface area (Å²) in [6.45, 7) is 5.05. The van der Waals surface area contributed by atoms with Gasteiger partial charge in [0.15, 0.2) is 0 Å². The Hall–Kier alpha value is -4.66. The summed E-state index contributed by atoms with van der Waals surface area (Å²) >= 11 is 0. The second kappa shape index (κ2) is 12.7. The van der Waals surface area contributed by atoms with Crippen LogP contribution in [0.5, 0.6) is 0 Å². The molecule has 0 fully saturated rings. The van der Waals surface area contributed by atoms with E-state index in [0.717, 1.165) is 22.3 Å². The van der Waals surface area contributed by atoms with Crippen molar-refractivity contribution in [1.82, 2.24) is 10.6 Å². The standard InChI is InChI=1S/C32H34N2O7/c1-32(2,3)41-28(35)18-26(29(36)33-27(30(37)38)17-20-11-5-4-6-12-20)34-31(39)40-19-25-23-15-9-7-13-21(23)22-14-8-10-16-24(22)25/h4-16,25-27H,17-19H2,1-3H3,(H,33,36)(H,34,39)(H,37,38). The highest BCUT2D eigenvalue weighted by atomic mass is 16.6. The third-order valence-electron chi connectivity index (χ3n) is 6.64. The lowest BCUT2D eigenvalue weighted by atomic mass is 9.98. The highest BCUT2D eigenvalue weighted by Gasteiger charge is 2.32. The molecule has 9 nitrogen and oxygen atoms in total. The van der Waals surface area contributed by atoms with Gasteiger partial charge in [-0.2, -0.15) is 0 Å². The number of carbonyl (C=O) groups is 4. The summed E-state index contributed by atoms with van der Waals surface area (Å²) in [5.41, 5.74) is 4.06. The highest BCUT2D eigenvalue weighted by molar-refractivity contribution is 5.92. The Morgan fingerprint density at radius 2 is 1.37 bits per heavy atom. The minimum atomic E-state index is -1.42. The quantitative estimate of drug-likeness (QED) is 0.314. The first kappa shape index (κ1) is 29.3. The van der Waals surface area contributed by atoms with Crippen LogP contribution in [-0.4, -0.2) is 53.3 Å². The smallest absolute Gasteiger partial charge is 0.407 e. The topological polar surface area (TPSA) is 131 Å². The Bertz CT molecular complexity index is 1370. The number of hydrogen-bond acceptors (Lipinski definition) is 6. The Morgan fingerprint density at radius 3 is 1.93 bits per heavy atom. The Morgan fingerprint density at radius 1 is 0.805 bits per heavy atom. The van der Waals surface area contributed by atoms with Crippen molar-refractivity contribution in [2.75, 3.05) is 6.61 Å². The lowest BCUT2D eigenvalue weighted by Crippen LogP contribution is -2.53. The van der Waals surface area contributed by atoms with Crippen LogP contribution in [-0.2, 0) is 30.3 Å². The molecule has 0 heterocycles. The summed E-state index contributed by atoms with van der Waals surface area (Å²) in [4.78, 5) is 50.7. The first-order chi connectivity index (χ1) is 19.5. The average molecular weight is 559 g/mol. The number of carbonyl (C=O) groups excluding carboxylic acids is 3. The number of nitrogens with one attached hydrogen (secondary N) is 2. The Kier molecular flexibility index (Phi) is 9.07. The van der Waals surface area contributed by atoms with Gasteiger partial charge in [-0.1, -0.05) is 78.9 Å². The molecule has 3 aromatic rings. The van der Waals surface area contributed by atoms with Gasteiger partial charge in [0.05, 0.1) is 6.42 Å². The third-order valence-corrected chi connectivity index (χ3v) is 6.64. The predicted octanol–water partition coefficient (Wildman–Crippen LogP) is 4.44. The molecular formula is C32H34N2O7. The number of hydrogen-bond donors (Lipinski definition) is 3. The van der Waals surface area contributed by atoms with Crippen molar-refractivity contribution < 1.29 is 33.8 Å². The number of aliphatic carboxylic acids is 1. The lowest BCUT2D eigenvalue weighted by molar-refractivity contribution is -0.156. The van der Waals surface area contributed by atoms with Gasteiger partial charge in [0.1, 0.15) is 24.3 Å². The number of carboxylic acid groups (broad SMARTS) is 1. The van der Waals surface area contributed by atoms with E-state index in [2.05, 4.69) is 10.6 Å². The van der Waals surface area contributed by atoms with Crippen molar-refractivity contribution in [3.63, 3.8) is 0 Å². The molecule has 0 bridgehead atoms. The minimum Gasteiger partial charge on any atom is -0.480 e. The zero-order chi connectivity index (χ0) is 29.6. The van der Waals surface area contributed by atoms with Crippen LogP contribution in [0.2, 0.25) is 0 Å². The van der Waals surface area contributed by atoms with E-state index in [9.17, 15) is 24.3 Å². The van der Waals surface area contributed by atoms with Crippen LogP contribution in [0, 0.1) is 0 Å². The van der Waals surface area contributed by atoms with E-state index in [1.807, 2.05) is 48.5 Å². The number of ether oxygens (including phenoxy) is 2. The summed E-state index contributed by atoms with van der Waals surface area (Å²) in [7, 11) is 0. The van der Waals surface area contributed by atoms with Gasteiger partial charge >= 0.3 is 18.0 Å². The zero-order valence-corrected chi connectivity index (χ0v) is 23.3. The molecule has 3 aromatic carbocycles. The fourth-order valence-corrected chi connectivity index (χ4v) is 4.86. The number of esters is 1. The van der Waals surface area contributed by atoms with E-state index in [4.69, 9.17) is 9.47 Å². The summed E-state index contributed by atoms with van der Waals surface area (Å²) in [5, 5.41) is 14.6. The van der Waals surface area contributed by atoms with Crippen LogP contribution in [0.15, 0.2) is 78.9 Å². The summed E-state index contributed by atoms with van der Waals surface area (Å²) in [6.07, 6.45) is -1.40. The van der Waals surface area contributed by atoms with Gasteiger partial charge < -0.3 is 25.2 Å². The number of fused-ring (bicyclic) bond motifs is 3. The molecule has 1 aliphatic rings. The molecule has 4 rings (SSSR count). The summed E-state index contributed by atoms with van der Waals surface area (Å²) in [5.74, 6) is -3.02. The van der Waals surface area contributed by atoms with Crippen LogP contribution in [0.4, 0.5) is 4.79 Å². The fourth-order valence-electron chi connectivity index (χ4n) is 4.86. The molecule has 2 amide bonds.